The number of halogens is 3. The minimum Gasteiger partial charge on any atom is -0.121 e. The van der Waals surface area contributed by atoms with Gasteiger partial charge in [-0.15, -0.1) is 33.2 Å². The molecule has 0 N–H and O–H groups in total. The Morgan fingerprint density at radius 1 is 0.737 bits per heavy atom. The quantitative estimate of drug-likeness (QED) is 0.421. The molecule has 0 bridgehead atoms. The van der Waals surface area contributed by atoms with E-state index < -0.39 is 6.00 Å². The van der Waals surface area contributed by atoms with Gasteiger partial charge in [0.1, 0.15) is 0 Å². The SMILES string of the molecule is Cc1ccc(/C=C/c2ccc([Si](Cl)(Cl)Cl)cc2)cc1. The Morgan fingerprint density at radius 2 is 1.16 bits per heavy atom. The predicted molar refractivity (Wildman–Crippen MR) is 89.5 cm³/mol. The molecule has 0 unspecified atom stereocenters. The Balaban J connectivity index is 2.13. The van der Waals surface area contributed by atoms with Crippen molar-refractivity contribution < 1.29 is 0 Å². The fraction of sp³-hybridized carbons (Fsp3) is 0.0667. The van der Waals surface area contributed by atoms with Crippen molar-refractivity contribution in [2.75, 3.05) is 0 Å². The van der Waals surface area contributed by atoms with Gasteiger partial charge in [-0.25, -0.2) is 0 Å². The van der Waals surface area contributed by atoms with Gasteiger partial charge >= 0.3 is 6.00 Å². The molecular weight excluding hydrogens is 315 g/mol. The van der Waals surface area contributed by atoms with Crippen LogP contribution in [0.4, 0.5) is 0 Å². The average Bonchev–Trinajstić information content (AvgIpc) is 2.37. The Bertz CT molecular complexity index is 566. The number of benzene rings is 2. The summed E-state index contributed by atoms with van der Waals surface area (Å²) in [7, 11) is 0. The molecule has 4 heteroatoms. The van der Waals surface area contributed by atoms with E-state index in [1.165, 1.54) is 11.1 Å². The molecule has 0 aromatic heterocycles. The molecule has 2 rings (SSSR count). The van der Waals surface area contributed by atoms with Crippen molar-refractivity contribution in [2.24, 2.45) is 0 Å². The molecule has 0 nitrogen and oxygen atoms in total. The molecule has 2 aromatic carbocycles. The molecule has 2 aromatic rings. The first-order valence-electron chi connectivity index (χ1n) is 5.87. The van der Waals surface area contributed by atoms with Gasteiger partial charge < -0.3 is 0 Å². The van der Waals surface area contributed by atoms with Crippen LogP contribution in [0.3, 0.4) is 0 Å². The molecule has 0 atom stereocenters. The molecule has 0 radical (unpaired) electrons. The third-order valence-electron chi connectivity index (χ3n) is 2.78. The standard InChI is InChI=1S/C15H13Cl3Si/c1-12-2-4-13(5-3-12)6-7-14-8-10-15(11-9-14)19(16,17)18/h2-11H,1H3/b7-6+. The number of rotatable bonds is 3. The lowest BCUT2D eigenvalue weighted by atomic mass is 10.1. The van der Waals surface area contributed by atoms with Crippen LogP contribution >= 0.6 is 33.2 Å². The van der Waals surface area contributed by atoms with Crippen molar-refractivity contribution >= 4 is 56.6 Å². The second kappa shape index (κ2) is 6.15. The van der Waals surface area contributed by atoms with Crippen molar-refractivity contribution in [2.45, 2.75) is 6.92 Å². The van der Waals surface area contributed by atoms with Crippen molar-refractivity contribution in [3.63, 3.8) is 0 Å². The normalized spacial score (nSPS) is 12.0. The van der Waals surface area contributed by atoms with Crippen LogP contribution in [-0.4, -0.2) is 6.00 Å². The largest absolute Gasteiger partial charge is 0.372 e. The predicted octanol–water partition coefficient (Wildman–Crippen LogP) is 5.03. The zero-order valence-corrected chi connectivity index (χ0v) is 13.7. The second-order valence-corrected chi connectivity index (χ2v) is 12.8. The van der Waals surface area contributed by atoms with Gasteiger partial charge in [-0.1, -0.05) is 66.2 Å². The fourth-order valence-corrected chi connectivity index (χ4v) is 3.33. The van der Waals surface area contributed by atoms with Crippen LogP contribution in [0.5, 0.6) is 0 Å². The third kappa shape index (κ3) is 4.39. The van der Waals surface area contributed by atoms with Crippen LogP contribution in [0.25, 0.3) is 12.2 Å². The number of hydrogen-bond donors (Lipinski definition) is 0. The maximum atomic E-state index is 5.95. The van der Waals surface area contributed by atoms with E-state index >= 15 is 0 Å². The molecule has 0 aliphatic carbocycles. The lowest BCUT2D eigenvalue weighted by molar-refractivity contribution is 1.46. The van der Waals surface area contributed by atoms with Gasteiger partial charge in [0.25, 0.3) is 0 Å². The Hall–Kier alpha value is -0.733. The molecule has 0 saturated carbocycles. The van der Waals surface area contributed by atoms with Crippen LogP contribution in [0.2, 0.25) is 0 Å². The van der Waals surface area contributed by atoms with Crippen LogP contribution in [-0.2, 0) is 0 Å². The smallest absolute Gasteiger partial charge is 0.121 e. The second-order valence-electron chi connectivity index (χ2n) is 4.36. The highest BCUT2D eigenvalue weighted by Crippen LogP contribution is 2.19. The van der Waals surface area contributed by atoms with E-state index in [1.54, 1.807) is 0 Å². The van der Waals surface area contributed by atoms with E-state index in [0.29, 0.717) is 0 Å². The number of hydrogen-bond acceptors (Lipinski definition) is 0. The Kier molecular flexibility index (Phi) is 4.75. The topological polar surface area (TPSA) is 0 Å². The molecule has 0 aliphatic rings. The van der Waals surface area contributed by atoms with Crippen LogP contribution in [0.15, 0.2) is 48.5 Å². The summed E-state index contributed by atoms with van der Waals surface area (Å²) in [4.78, 5) is 0. The first-order chi connectivity index (χ1) is 8.95. The van der Waals surface area contributed by atoms with E-state index in [9.17, 15) is 0 Å². The lowest BCUT2D eigenvalue weighted by Gasteiger charge is -2.07. The van der Waals surface area contributed by atoms with Crippen molar-refractivity contribution in [1.82, 2.24) is 0 Å². The molecule has 19 heavy (non-hydrogen) atoms. The van der Waals surface area contributed by atoms with Gasteiger partial charge in [-0.05, 0) is 23.2 Å². The molecule has 98 valence electrons. The average molecular weight is 328 g/mol. The van der Waals surface area contributed by atoms with Crippen LogP contribution < -0.4 is 5.19 Å². The molecule has 0 heterocycles. The van der Waals surface area contributed by atoms with Crippen LogP contribution in [0, 0.1) is 6.92 Å². The van der Waals surface area contributed by atoms with E-state index in [2.05, 4.69) is 37.3 Å². The van der Waals surface area contributed by atoms with Crippen molar-refractivity contribution in [3.05, 3.63) is 65.2 Å². The molecule has 0 aliphatic heterocycles. The Labute approximate surface area is 128 Å². The van der Waals surface area contributed by atoms with E-state index in [0.717, 1.165) is 10.8 Å². The number of aryl methyl sites for hydroxylation is 1. The summed E-state index contributed by atoms with van der Waals surface area (Å²) in [5.74, 6) is 0. The first-order valence-corrected chi connectivity index (χ1v) is 10.9. The summed E-state index contributed by atoms with van der Waals surface area (Å²) in [5.41, 5.74) is 3.52. The zero-order chi connectivity index (χ0) is 13.9. The minimum atomic E-state index is -2.76. The maximum absolute atomic E-state index is 5.95. The van der Waals surface area contributed by atoms with E-state index in [4.69, 9.17) is 33.2 Å². The Morgan fingerprint density at radius 3 is 1.58 bits per heavy atom. The summed E-state index contributed by atoms with van der Waals surface area (Å²) in [6.07, 6.45) is 4.12. The first kappa shape index (κ1) is 14.7. The molecule has 0 amide bonds. The zero-order valence-electron chi connectivity index (χ0n) is 10.4. The summed E-state index contributed by atoms with van der Waals surface area (Å²) >= 11 is 17.9. The molecule has 0 fully saturated rings. The third-order valence-corrected chi connectivity index (χ3v) is 5.74. The highest BCUT2D eigenvalue weighted by atomic mass is 35.8. The summed E-state index contributed by atoms with van der Waals surface area (Å²) < 4.78 is 0. The lowest BCUT2D eigenvalue weighted by Crippen LogP contribution is -2.29. The fourth-order valence-electron chi connectivity index (χ4n) is 1.65. The minimum absolute atomic E-state index is 0.810. The van der Waals surface area contributed by atoms with Gasteiger partial charge in [-0.3, -0.25) is 0 Å². The van der Waals surface area contributed by atoms with Gasteiger partial charge in [0.05, 0.1) is 0 Å². The van der Waals surface area contributed by atoms with Crippen molar-refractivity contribution in [3.8, 4) is 0 Å². The van der Waals surface area contributed by atoms with Gasteiger partial charge in [0.15, 0.2) is 0 Å². The van der Waals surface area contributed by atoms with Gasteiger partial charge in [0.2, 0.25) is 0 Å². The van der Waals surface area contributed by atoms with Gasteiger partial charge in [-0.2, -0.15) is 0 Å². The van der Waals surface area contributed by atoms with Crippen LogP contribution in [0.1, 0.15) is 16.7 Å². The van der Waals surface area contributed by atoms with Crippen molar-refractivity contribution in [1.29, 1.82) is 0 Å². The summed E-state index contributed by atoms with van der Waals surface area (Å²) in [6, 6.07) is 13.3. The molecular formula is C15H13Cl3Si. The monoisotopic (exact) mass is 326 g/mol. The summed E-state index contributed by atoms with van der Waals surface area (Å²) in [5, 5.41) is 0.810. The maximum Gasteiger partial charge on any atom is 0.372 e. The highest BCUT2D eigenvalue weighted by molar-refractivity contribution is 7.69. The molecule has 0 spiro atoms. The summed E-state index contributed by atoms with van der Waals surface area (Å²) in [6.45, 7) is 2.08. The van der Waals surface area contributed by atoms with Gasteiger partial charge in [0, 0.05) is 0 Å². The molecule has 0 saturated heterocycles. The van der Waals surface area contributed by atoms with E-state index in [1.807, 2.05) is 30.3 Å². The van der Waals surface area contributed by atoms with E-state index in [-0.39, 0.29) is 0 Å². The highest BCUT2D eigenvalue weighted by Gasteiger charge is 2.27.